The average Bonchev–Trinajstić information content (AvgIpc) is 2.28. The van der Waals surface area contributed by atoms with Crippen LogP contribution in [-0.2, 0) is 0 Å². The Kier molecular flexibility index (Phi) is 4.22. The molecule has 0 aliphatic heterocycles. The quantitative estimate of drug-likeness (QED) is 0.308. The minimum absolute atomic E-state index is 0.0824. The maximum absolute atomic E-state index is 11.6. The highest BCUT2D eigenvalue weighted by atomic mass is 16.3. The molecule has 0 heterocycles. The summed E-state index contributed by atoms with van der Waals surface area (Å²) in [5.41, 5.74) is 6.07. The summed E-state index contributed by atoms with van der Waals surface area (Å²) in [6.07, 6.45) is 0.614. The third-order valence-electron chi connectivity index (χ3n) is 2.00. The molecule has 0 spiro atoms. The zero-order valence-corrected chi connectivity index (χ0v) is 9.08. The Morgan fingerprint density at radius 2 is 2.31 bits per heavy atom. The predicted octanol–water partition coefficient (Wildman–Crippen LogP) is 1.12. The van der Waals surface area contributed by atoms with Gasteiger partial charge in [0.25, 0.3) is 5.91 Å². The molecular weight excluding hydrogens is 204 g/mol. The lowest BCUT2D eigenvalue weighted by Crippen LogP contribution is -2.24. The second kappa shape index (κ2) is 5.66. The van der Waals surface area contributed by atoms with Gasteiger partial charge in [0.1, 0.15) is 5.75 Å². The number of anilines is 1. The zero-order chi connectivity index (χ0) is 12.0. The fraction of sp³-hybridized carbons (Fsp3) is 0.250. The van der Waals surface area contributed by atoms with Gasteiger partial charge in [-0.15, -0.1) is 11.8 Å². The van der Waals surface area contributed by atoms with Crippen molar-refractivity contribution < 1.29 is 9.90 Å². The van der Waals surface area contributed by atoms with Gasteiger partial charge >= 0.3 is 0 Å². The second-order valence-electron chi connectivity index (χ2n) is 3.21. The summed E-state index contributed by atoms with van der Waals surface area (Å²) < 4.78 is 0. The van der Waals surface area contributed by atoms with E-state index in [-0.39, 0.29) is 17.3 Å². The normalized spacial score (nSPS) is 9.06. The highest BCUT2D eigenvalue weighted by molar-refractivity contribution is 5.95. The van der Waals surface area contributed by atoms with Gasteiger partial charge in [-0.25, -0.2) is 0 Å². The number of carbonyl (C=O) groups excluding carboxylic acids is 1. The summed E-state index contributed by atoms with van der Waals surface area (Å²) in [6.45, 7) is 2.24. The van der Waals surface area contributed by atoms with Gasteiger partial charge in [0, 0.05) is 18.5 Å². The molecule has 0 saturated heterocycles. The summed E-state index contributed by atoms with van der Waals surface area (Å²) in [5.74, 6) is 5.26. The minimum Gasteiger partial charge on any atom is -0.506 e. The second-order valence-corrected chi connectivity index (χ2v) is 3.21. The maximum Gasteiger partial charge on any atom is 0.251 e. The van der Waals surface area contributed by atoms with Crippen LogP contribution in [0.1, 0.15) is 23.7 Å². The first kappa shape index (κ1) is 11.9. The van der Waals surface area contributed by atoms with Crippen molar-refractivity contribution >= 4 is 11.6 Å². The summed E-state index contributed by atoms with van der Waals surface area (Å²) in [5, 5.41) is 12.0. The first-order valence-electron chi connectivity index (χ1n) is 4.91. The number of carbonyl (C=O) groups is 1. The van der Waals surface area contributed by atoms with Crippen LogP contribution in [0.4, 0.5) is 5.69 Å². The molecule has 4 heteroatoms. The number of nitrogen functional groups attached to an aromatic ring is 1. The van der Waals surface area contributed by atoms with Gasteiger partial charge in [0.2, 0.25) is 0 Å². The number of hydrogen-bond donors (Lipinski definition) is 3. The molecule has 1 aromatic carbocycles. The monoisotopic (exact) mass is 218 g/mol. The molecule has 84 valence electrons. The Morgan fingerprint density at radius 1 is 1.56 bits per heavy atom. The van der Waals surface area contributed by atoms with Crippen molar-refractivity contribution in [3.63, 3.8) is 0 Å². The number of phenolic OH excluding ortho intramolecular Hbond substituents is 1. The Hall–Kier alpha value is -2.15. The molecule has 0 aliphatic carbocycles. The van der Waals surface area contributed by atoms with Crippen LogP contribution in [0.15, 0.2) is 18.2 Å². The fourth-order valence-corrected chi connectivity index (χ4v) is 1.15. The molecule has 0 aromatic heterocycles. The van der Waals surface area contributed by atoms with E-state index < -0.39 is 0 Å². The van der Waals surface area contributed by atoms with E-state index in [0.29, 0.717) is 18.5 Å². The molecule has 0 aliphatic rings. The van der Waals surface area contributed by atoms with Gasteiger partial charge in [-0.2, -0.15) is 0 Å². The third-order valence-corrected chi connectivity index (χ3v) is 2.00. The lowest BCUT2D eigenvalue weighted by atomic mass is 10.2. The van der Waals surface area contributed by atoms with E-state index in [1.165, 1.54) is 12.1 Å². The van der Waals surface area contributed by atoms with Crippen molar-refractivity contribution in [2.45, 2.75) is 13.3 Å². The molecule has 0 bridgehead atoms. The van der Waals surface area contributed by atoms with E-state index >= 15 is 0 Å². The largest absolute Gasteiger partial charge is 0.506 e. The van der Waals surface area contributed by atoms with E-state index in [0.717, 1.165) is 0 Å². The Balaban J connectivity index is 2.58. The Morgan fingerprint density at radius 3 is 2.94 bits per heavy atom. The van der Waals surface area contributed by atoms with E-state index in [1.807, 2.05) is 0 Å². The van der Waals surface area contributed by atoms with Gasteiger partial charge in [0.05, 0.1) is 5.69 Å². The maximum atomic E-state index is 11.6. The van der Waals surface area contributed by atoms with Crippen molar-refractivity contribution in [3.05, 3.63) is 23.8 Å². The summed E-state index contributed by atoms with van der Waals surface area (Å²) in [7, 11) is 0. The molecule has 4 N–H and O–H groups in total. The summed E-state index contributed by atoms with van der Waals surface area (Å²) in [4.78, 5) is 11.6. The predicted molar refractivity (Wildman–Crippen MR) is 62.9 cm³/mol. The molecule has 0 radical (unpaired) electrons. The Labute approximate surface area is 94.5 Å². The number of hydrogen-bond acceptors (Lipinski definition) is 3. The SMILES string of the molecule is CC#CCCNC(=O)c1ccc(N)c(O)c1. The van der Waals surface area contributed by atoms with Crippen LogP contribution in [0, 0.1) is 11.8 Å². The molecular formula is C12H14N2O2. The van der Waals surface area contributed by atoms with Gasteiger partial charge in [-0.3, -0.25) is 4.79 Å². The van der Waals surface area contributed by atoms with Gasteiger partial charge in [0.15, 0.2) is 0 Å². The van der Waals surface area contributed by atoms with Crippen LogP contribution in [0.5, 0.6) is 5.75 Å². The van der Waals surface area contributed by atoms with Gasteiger partial charge in [-0.05, 0) is 25.1 Å². The lowest BCUT2D eigenvalue weighted by Gasteiger charge is -2.04. The molecule has 1 amide bonds. The van der Waals surface area contributed by atoms with E-state index in [2.05, 4.69) is 17.2 Å². The van der Waals surface area contributed by atoms with Crippen molar-refractivity contribution in [1.29, 1.82) is 0 Å². The van der Waals surface area contributed by atoms with Crippen LogP contribution >= 0.6 is 0 Å². The van der Waals surface area contributed by atoms with Gasteiger partial charge < -0.3 is 16.2 Å². The van der Waals surface area contributed by atoms with Crippen molar-refractivity contribution in [2.75, 3.05) is 12.3 Å². The van der Waals surface area contributed by atoms with E-state index in [9.17, 15) is 9.90 Å². The lowest BCUT2D eigenvalue weighted by molar-refractivity contribution is 0.0954. The minimum atomic E-state index is -0.242. The van der Waals surface area contributed by atoms with Crippen LogP contribution < -0.4 is 11.1 Å². The highest BCUT2D eigenvalue weighted by Gasteiger charge is 2.06. The number of rotatable bonds is 3. The number of nitrogens with one attached hydrogen (secondary N) is 1. The van der Waals surface area contributed by atoms with Crippen LogP contribution in [0.2, 0.25) is 0 Å². The number of aromatic hydroxyl groups is 1. The third kappa shape index (κ3) is 3.21. The van der Waals surface area contributed by atoms with Gasteiger partial charge in [-0.1, -0.05) is 0 Å². The fourth-order valence-electron chi connectivity index (χ4n) is 1.15. The summed E-state index contributed by atoms with van der Waals surface area (Å²) >= 11 is 0. The smallest absolute Gasteiger partial charge is 0.251 e. The average molecular weight is 218 g/mol. The van der Waals surface area contributed by atoms with Crippen LogP contribution in [0.25, 0.3) is 0 Å². The highest BCUT2D eigenvalue weighted by Crippen LogP contribution is 2.20. The topological polar surface area (TPSA) is 75.4 Å². The molecule has 0 fully saturated rings. The van der Waals surface area contributed by atoms with Crippen molar-refractivity contribution in [3.8, 4) is 17.6 Å². The van der Waals surface area contributed by atoms with Crippen LogP contribution in [0.3, 0.4) is 0 Å². The number of nitrogens with two attached hydrogens (primary N) is 1. The van der Waals surface area contributed by atoms with Crippen LogP contribution in [-0.4, -0.2) is 17.6 Å². The van der Waals surface area contributed by atoms with E-state index in [1.54, 1.807) is 13.0 Å². The molecule has 4 nitrogen and oxygen atoms in total. The molecule has 16 heavy (non-hydrogen) atoms. The zero-order valence-electron chi connectivity index (χ0n) is 9.08. The molecule has 1 rings (SSSR count). The molecule has 0 unspecified atom stereocenters. The van der Waals surface area contributed by atoms with Crippen molar-refractivity contribution in [1.82, 2.24) is 5.32 Å². The Bertz CT molecular complexity index is 444. The van der Waals surface area contributed by atoms with E-state index in [4.69, 9.17) is 5.73 Å². The number of benzene rings is 1. The number of amides is 1. The van der Waals surface area contributed by atoms with Crippen molar-refractivity contribution in [2.24, 2.45) is 0 Å². The molecule has 0 atom stereocenters. The first-order valence-corrected chi connectivity index (χ1v) is 4.91. The number of phenols is 1. The standard InChI is InChI=1S/C12H14N2O2/c1-2-3-4-7-14-12(16)9-5-6-10(13)11(15)8-9/h5-6,8,15H,4,7,13H2,1H3,(H,14,16). The first-order chi connectivity index (χ1) is 7.65. The summed E-state index contributed by atoms with van der Waals surface area (Å²) in [6, 6.07) is 4.40. The molecule has 1 aromatic rings. The molecule has 0 saturated carbocycles.